The molecule has 15 heavy (non-hydrogen) atoms. The fourth-order valence-corrected chi connectivity index (χ4v) is 1.30. The highest BCUT2D eigenvalue weighted by atomic mass is 19.2. The molecule has 0 amide bonds. The van der Waals surface area contributed by atoms with Crippen LogP contribution in [-0.2, 0) is 6.42 Å². The molecule has 5 heteroatoms. The first-order valence-electron chi connectivity index (χ1n) is 4.47. The highest BCUT2D eigenvalue weighted by molar-refractivity contribution is 5.20. The van der Waals surface area contributed by atoms with Gasteiger partial charge in [0.05, 0.1) is 0 Å². The van der Waals surface area contributed by atoms with Crippen molar-refractivity contribution >= 4 is 0 Å². The lowest BCUT2D eigenvalue weighted by Crippen LogP contribution is -1.93. The molecule has 0 atom stereocenters. The van der Waals surface area contributed by atoms with E-state index in [0.717, 1.165) is 12.1 Å². The molecule has 0 fully saturated rings. The van der Waals surface area contributed by atoms with Gasteiger partial charge in [-0.05, 0) is 24.6 Å². The van der Waals surface area contributed by atoms with E-state index in [1.807, 2.05) is 0 Å². The summed E-state index contributed by atoms with van der Waals surface area (Å²) in [7, 11) is 0. The van der Waals surface area contributed by atoms with Crippen LogP contribution in [0.5, 0.6) is 0 Å². The van der Waals surface area contributed by atoms with Gasteiger partial charge < -0.3 is 0 Å². The Morgan fingerprint density at radius 1 is 1.27 bits per heavy atom. The monoisotopic (exact) mass is 209 g/mol. The Hall–Kier alpha value is -1.78. The molecule has 0 saturated heterocycles. The summed E-state index contributed by atoms with van der Waals surface area (Å²) in [6.45, 7) is 1.78. The average Bonchev–Trinajstić information content (AvgIpc) is 2.58. The van der Waals surface area contributed by atoms with Gasteiger partial charge in [-0.15, -0.1) is 0 Å². The molecule has 1 heterocycles. The van der Waals surface area contributed by atoms with Crippen molar-refractivity contribution in [2.45, 2.75) is 13.3 Å². The van der Waals surface area contributed by atoms with Crippen molar-refractivity contribution in [2.24, 2.45) is 0 Å². The molecule has 1 N–H and O–H groups in total. The highest BCUT2D eigenvalue weighted by Crippen LogP contribution is 2.11. The van der Waals surface area contributed by atoms with Crippen LogP contribution < -0.4 is 0 Å². The number of nitrogens with one attached hydrogen (secondary N) is 1. The maximum absolute atomic E-state index is 12.9. The molecule has 0 radical (unpaired) electrons. The van der Waals surface area contributed by atoms with Gasteiger partial charge >= 0.3 is 0 Å². The van der Waals surface area contributed by atoms with Crippen LogP contribution in [0.2, 0.25) is 0 Å². The van der Waals surface area contributed by atoms with Gasteiger partial charge in [0, 0.05) is 6.42 Å². The lowest BCUT2D eigenvalue weighted by Gasteiger charge is -1.98. The standard InChI is InChI=1S/C10H9F2N3/c1-6-13-10(15-14-6)5-7-2-3-8(11)9(12)4-7/h2-4H,5H2,1H3,(H,13,14,15). The van der Waals surface area contributed by atoms with Crippen LogP contribution in [0.1, 0.15) is 17.2 Å². The summed E-state index contributed by atoms with van der Waals surface area (Å²) in [5, 5.41) is 6.60. The summed E-state index contributed by atoms with van der Waals surface area (Å²) < 4.78 is 25.5. The highest BCUT2D eigenvalue weighted by Gasteiger charge is 2.05. The number of H-pyrrole nitrogens is 1. The zero-order chi connectivity index (χ0) is 10.8. The first-order valence-corrected chi connectivity index (χ1v) is 4.47. The Labute approximate surface area is 85.2 Å². The van der Waals surface area contributed by atoms with Crippen LogP contribution in [0.3, 0.4) is 0 Å². The number of aromatic nitrogens is 3. The second kappa shape index (κ2) is 3.76. The van der Waals surface area contributed by atoms with Gasteiger partial charge in [-0.2, -0.15) is 5.10 Å². The molecule has 1 aromatic carbocycles. The number of hydrogen-bond donors (Lipinski definition) is 1. The van der Waals surface area contributed by atoms with Gasteiger partial charge in [0.2, 0.25) is 0 Å². The van der Waals surface area contributed by atoms with E-state index in [4.69, 9.17) is 0 Å². The Morgan fingerprint density at radius 3 is 2.67 bits per heavy atom. The van der Waals surface area contributed by atoms with Crippen molar-refractivity contribution < 1.29 is 8.78 Å². The Balaban J connectivity index is 2.21. The SMILES string of the molecule is Cc1nc(Cc2ccc(F)c(F)c2)n[nH]1. The number of rotatable bonds is 2. The zero-order valence-corrected chi connectivity index (χ0v) is 8.09. The summed E-state index contributed by atoms with van der Waals surface area (Å²) in [4.78, 5) is 4.08. The molecule has 1 aromatic heterocycles. The van der Waals surface area contributed by atoms with E-state index in [1.54, 1.807) is 6.92 Å². The minimum absolute atomic E-state index is 0.390. The van der Waals surface area contributed by atoms with Crippen LogP contribution >= 0.6 is 0 Å². The van der Waals surface area contributed by atoms with Crippen LogP contribution in [0.25, 0.3) is 0 Å². The molecular formula is C10H9F2N3. The van der Waals surface area contributed by atoms with Crippen molar-refractivity contribution in [3.63, 3.8) is 0 Å². The van der Waals surface area contributed by atoms with Gasteiger partial charge in [0.25, 0.3) is 0 Å². The molecule has 3 nitrogen and oxygen atoms in total. The topological polar surface area (TPSA) is 41.6 Å². The predicted octanol–water partition coefficient (Wildman–Crippen LogP) is 1.98. The van der Waals surface area contributed by atoms with E-state index in [1.165, 1.54) is 6.07 Å². The first-order chi connectivity index (χ1) is 7.15. The van der Waals surface area contributed by atoms with Crippen molar-refractivity contribution in [3.05, 3.63) is 47.0 Å². The lowest BCUT2D eigenvalue weighted by molar-refractivity contribution is 0.507. The molecule has 0 saturated carbocycles. The second-order valence-electron chi connectivity index (χ2n) is 3.26. The van der Waals surface area contributed by atoms with E-state index < -0.39 is 11.6 Å². The van der Waals surface area contributed by atoms with E-state index in [-0.39, 0.29) is 0 Å². The van der Waals surface area contributed by atoms with E-state index in [0.29, 0.717) is 23.6 Å². The molecule has 0 aliphatic carbocycles. The summed E-state index contributed by atoms with van der Waals surface area (Å²) in [5.74, 6) is -0.421. The molecule has 0 bridgehead atoms. The average molecular weight is 209 g/mol. The smallest absolute Gasteiger partial charge is 0.159 e. The number of halogens is 2. The Morgan fingerprint density at radius 2 is 2.07 bits per heavy atom. The number of benzene rings is 1. The van der Waals surface area contributed by atoms with Gasteiger partial charge in [-0.3, -0.25) is 5.10 Å². The summed E-state index contributed by atoms with van der Waals surface area (Å²) in [5.41, 5.74) is 0.646. The largest absolute Gasteiger partial charge is 0.263 e. The third-order valence-electron chi connectivity index (χ3n) is 1.99. The first kappa shape index (κ1) is 9.76. The van der Waals surface area contributed by atoms with E-state index in [9.17, 15) is 8.78 Å². The fraction of sp³-hybridized carbons (Fsp3) is 0.200. The molecule has 2 rings (SSSR count). The van der Waals surface area contributed by atoms with Crippen molar-refractivity contribution in [1.82, 2.24) is 15.2 Å². The second-order valence-corrected chi connectivity index (χ2v) is 3.26. The minimum atomic E-state index is -0.847. The van der Waals surface area contributed by atoms with Crippen LogP contribution in [0.4, 0.5) is 8.78 Å². The summed E-state index contributed by atoms with van der Waals surface area (Å²) in [6, 6.07) is 3.77. The maximum atomic E-state index is 12.9. The van der Waals surface area contributed by atoms with Crippen molar-refractivity contribution in [3.8, 4) is 0 Å². The van der Waals surface area contributed by atoms with Crippen LogP contribution in [0, 0.1) is 18.6 Å². The summed E-state index contributed by atoms with van der Waals surface area (Å²) >= 11 is 0. The van der Waals surface area contributed by atoms with Crippen LogP contribution in [-0.4, -0.2) is 15.2 Å². The third-order valence-corrected chi connectivity index (χ3v) is 1.99. The Bertz CT molecular complexity index is 479. The van der Waals surface area contributed by atoms with Crippen molar-refractivity contribution in [2.75, 3.05) is 0 Å². The van der Waals surface area contributed by atoms with Gasteiger partial charge in [-0.25, -0.2) is 13.8 Å². The lowest BCUT2D eigenvalue weighted by atomic mass is 10.1. The molecule has 78 valence electrons. The van der Waals surface area contributed by atoms with Gasteiger partial charge in [-0.1, -0.05) is 6.07 Å². The number of aryl methyl sites for hydroxylation is 1. The van der Waals surface area contributed by atoms with Crippen LogP contribution in [0.15, 0.2) is 18.2 Å². The van der Waals surface area contributed by atoms with Crippen molar-refractivity contribution in [1.29, 1.82) is 0 Å². The molecule has 0 aliphatic heterocycles. The van der Waals surface area contributed by atoms with E-state index >= 15 is 0 Å². The van der Waals surface area contributed by atoms with Gasteiger partial charge in [0.1, 0.15) is 5.82 Å². The summed E-state index contributed by atoms with van der Waals surface area (Å²) in [6.07, 6.45) is 0.390. The molecule has 0 aliphatic rings. The van der Waals surface area contributed by atoms with E-state index in [2.05, 4.69) is 15.2 Å². The number of aromatic amines is 1. The number of hydrogen-bond acceptors (Lipinski definition) is 2. The van der Waals surface area contributed by atoms with Gasteiger partial charge in [0.15, 0.2) is 17.5 Å². The normalized spacial score (nSPS) is 10.6. The third kappa shape index (κ3) is 2.18. The maximum Gasteiger partial charge on any atom is 0.159 e. The quantitative estimate of drug-likeness (QED) is 0.821. The predicted molar refractivity (Wildman–Crippen MR) is 50.3 cm³/mol. The minimum Gasteiger partial charge on any atom is -0.263 e. The molecule has 0 unspecified atom stereocenters. The molecule has 2 aromatic rings. The fourth-order valence-electron chi connectivity index (χ4n) is 1.30. The zero-order valence-electron chi connectivity index (χ0n) is 8.09. The molecule has 0 spiro atoms. The number of nitrogens with zero attached hydrogens (tertiary/aromatic N) is 2. The molecular weight excluding hydrogens is 200 g/mol. The Kier molecular flexibility index (Phi) is 2.45.